The topological polar surface area (TPSA) is 56.7 Å². The summed E-state index contributed by atoms with van der Waals surface area (Å²) in [7, 11) is 0. The van der Waals surface area contributed by atoms with E-state index < -0.39 is 0 Å². The summed E-state index contributed by atoms with van der Waals surface area (Å²) in [5.74, 6) is 2.07. The molecule has 0 aliphatic carbocycles. The summed E-state index contributed by atoms with van der Waals surface area (Å²) in [5, 5.41) is 15.9. The standard InChI is InChI=1S/C15H33N3OS/c1-5-15(6-2,9-11-19)13-18-14(16-7-3)17-10-8-12-20-4/h19H,5-13H2,1-4H3,(H2,16,17,18). The Labute approximate surface area is 129 Å². The average Bonchev–Trinajstić information content (AvgIpc) is 2.47. The molecule has 0 radical (unpaired) electrons. The van der Waals surface area contributed by atoms with E-state index in [2.05, 4.69) is 37.7 Å². The Morgan fingerprint density at radius 3 is 2.40 bits per heavy atom. The molecule has 0 aliphatic heterocycles. The Kier molecular flexibility index (Phi) is 12.1. The van der Waals surface area contributed by atoms with Crippen LogP contribution in [0.1, 0.15) is 46.5 Å². The first-order chi connectivity index (χ1) is 9.67. The van der Waals surface area contributed by atoms with Crippen LogP contribution in [0.3, 0.4) is 0 Å². The third kappa shape index (κ3) is 8.00. The number of guanidine groups is 1. The van der Waals surface area contributed by atoms with Crippen molar-refractivity contribution < 1.29 is 5.11 Å². The van der Waals surface area contributed by atoms with Crippen LogP contribution in [-0.2, 0) is 0 Å². The van der Waals surface area contributed by atoms with Gasteiger partial charge in [-0.2, -0.15) is 11.8 Å². The van der Waals surface area contributed by atoms with Gasteiger partial charge in [0.05, 0.1) is 0 Å². The number of hydrogen-bond acceptors (Lipinski definition) is 3. The molecule has 4 nitrogen and oxygen atoms in total. The summed E-state index contributed by atoms with van der Waals surface area (Å²) >= 11 is 1.87. The van der Waals surface area contributed by atoms with E-state index in [1.165, 1.54) is 5.75 Å². The number of rotatable bonds is 11. The molecule has 0 unspecified atom stereocenters. The normalized spacial score (nSPS) is 12.6. The molecule has 0 aliphatic rings. The zero-order valence-corrected chi connectivity index (χ0v) is 14.5. The van der Waals surface area contributed by atoms with Gasteiger partial charge in [0.15, 0.2) is 5.96 Å². The molecule has 5 heteroatoms. The van der Waals surface area contributed by atoms with Gasteiger partial charge in [-0.25, -0.2) is 0 Å². The van der Waals surface area contributed by atoms with Crippen molar-refractivity contribution in [1.82, 2.24) is 10.6 Å². The molecule has 3 N–H and O–H groups in total. The van der Waals surface area contributed by atoms with Gasteiger partial charge in [-0.05, 0) is 50.0 Å². The fourth-order valence-corrected chi connectivity index (χ4v) is 2.59. The van der Waals surface area contributed by atoms with Crippen LogP contribution in [0.25, 0.3) is 0 Å². The fraction of sp³-hybridized carbons (Fsp3) is 0.933. The summed E-state index contributed by atoms with van der Waals surface area (Å²) < 4.78 is 0. The highest BCUT2D eigenvalue weighted by molar-refractivity contribution is 7.98. The van der Waals surface area contributed by atoms with Crippen LogP contribution in [0.5, 0.6) is 0 Å². The molecule has 0 heterocycles. The molecule has 0 spiro atoms. The number of aliphatic imine (C=N–C) groups is 1. The van der Waals surface area contributed by atoms with Crippen molar-refractivity contribution in [3.63, 3.8) is 0 Å². The van der Waals surface area contributed by atoms with E-state index in [0.717, 1.165) is 51.3 Å². The van der Waals surface area contributed by atoms with Crippen molar-refractivity contribution in [2.45, 2.75) is 46.5 Å². The monoisotopic (exact) mass is 303 g/mol. The maximum absolute atomic E-state index is 9.25. The molecule has 0 saturated carbocycles. The van der Waals surface area contributed by atoms with Crippen molar-refractivity contribution in [1.29, 1.82) is 0 Å². The molecular formula is C15H33N3OS. The van der Waals surface area contributed by atoms with E-state index in [9.17, 15) is 5.11 Å². The smallest absolute Gasteiger partial charge is 0.191 e. The second kappa shape index (κ2) is 12.3. The number of nitrogens with one attached hydrogen (secondary N) is 2. The molecule has 0 aromatic carbocycles. The summed E-state index contributed by atoms with van der Waals surface area (Å²) in [4.78, 5) is 4.72. The number of nitrogens with zero attached hydrogens (tertiary/aromatic N) is 1. The number of aliphatic hydroxyl groups is 1. The second-order valence-electron chi connectivity index (χ2n) is 5.15. The van der Waals surface area contributed by atoms with E-state index in [1.54, 1.807) is 0 Å². The van der Waals surface area contributed by atoms with Gasteiger partial charge in [0.1, 0.15) is 0 Å². The third-order valence-electron chi connectivity index (χ3n) is 3.88. The van der Waals surface area contributed by atoms with Gasteiger partial charge < -0.3 is 15.7 Å². The molecule has 0 aromatic heterocycles. The van der Waals surface area contributed by atoms with Crippen LogP contribution in [-0.4, -0.2) is 49.3 Å². The Bertz CT molecular complexity index is 256. The van der Waals surface area contributed by atoms with Crippen molar-refractivity contribution in [3.05, 3.63) is 0 Å². The summed E-state index contributed by atoms with van der Waals surface area (Å²) in [6, 6.07) is 0. The molecule has 120 valence electrons. The van der Waals surface area contributed by atoms with Crippen molar-refractivity contribution in [2.24, 2.45) is 10.4 Å². The van der Waals surface area contributed by atoms with E-state index in [4.69, 9.17) is 4.99 Å². The Hall–Kier alpha value is -0.420. The van der Waals surface area contributed by atoms with Crippen LogP contribution >= 0.6 is 11.8 Å². The minimum absolute atomic E-state index is 0.135. The quantitative estimate of drug-likeness (QED) is 0.312. The van der Waals surface area contributed by atoms with Gasteiger partial charge in [0.25, 0.3) is 0 Å². The fourth-order valence-electron chi connectivity index (χ4n) is 2.16. The third-order valence-corrected chi connectivity index (χ3v) is 4.57. The van der Waals surface area contributed by atoms with E-state index >= 15 is 0 Å². The highest BCUT2D eigenvalue weighted by atomic mass is 32.2. The molecule has 0 aromatic rings. The molecule has 0 amide bonds. The highest BCUT2D eigenvalue weighted by Crippen LogP contribution is 2.30. The van der Waals surface area contributed by atoms with Crippen LogP contribution in [0.2, 0.25) is 0 Å². The molecule has 0 rings (SSSR count). The zero-order chi connectivity index (χ0) is 15.3. The Morgan fingerprint density at radius 1 is 1.20 bits per heavy atom. The lowest BCUT2D eigenvalue weighted by molar-refractivity contribution is 0.175. The molecule has 20 heavy (non-hydrogen) atoms. The lowest BCUT2D eigenvalue weighted by Gasteiger charge is -2.29. The van der Waals surface area contributed by atoms with Crippen molar-refractivity contribution in [3.8, 4) is 0 Å². The first-order valence-electron chi connectivity index (χ1n) is 7.80. The second-order valence-corrected chi connectivity index (χ2v) is 6.13. The number of hydrogen-bond donors (Lipinski definition) is 3. The van der Waals surface area contributed by atoms with Crippen LogP contribution < -0.4 is 10.6 Å². The zero-order valence-electron chi connectivity index (χ0n) is 13.7. The van der Waals surface area contributed by atoms with E-state index in [1.807, 2.05) is 11.8 Å². The maximum atomic E-state index is 9.25. The number of thioether (sulfide) groups is 1. The van der Waals surface area contributed by atoms with E-state index in [-0.39, 0.29) is 12.0 Å². The van der Waals surface area contributed by atoms with Crippen LogP contribution in [0.4, 0.5) is 0 Å². The first kappa shape index (κ1) is 19.6. The van der Waals surface area contributed by atoms with Gasteiger partial charge in [-0.1, -0.05) is 13.8 Å². The van der Waals surface area contributed by atoms with Gasteiger partial charge >= 0.3 is 0 Å². The van der Waals surface area contributed by atoms with Crippen molar-refractivity contribution in [2.75, 3.05) is 38.2 Å². The van der Waals surface area contributed by atoms with Crippen molar-refractivity contribution >= 4 is 17.7 Å². The van der Waals surface area contributed by atoms with E-state index in [0.29, 0.717) is 0 Å². The first-order valence-corrected chi connectivity index (χ1v) is 9.19. The maximum Gasteiger partial charge on any atom is 0.191 e. The Morgan fingerprint density at radius 2 is 1.90 bits per heavy atom. The molecule has 0 atom stereocenters. The molecule has 0 bridgehead atoms. The molecule has 0 fully saturated rings. The minimum atomic E-state index is 0.135. The lowest BCUT2D eigenvalue weighted by atomic mass is 9.79. The predicted molar refractivity (Wildman–Crippen MR) is 91.7 cm³/mol. The van der Waals surface area contributed by atoms with Gasteiger partial charge in [0, 0.05) is 26.2 Å². The highest BCUT2D eigenvalue weighted by Gasteiger charge is 2.25. The number of aliphatic hydroxyl groups excluding tert-OH is 1. The lowest BCUT2D eigenvalue weighted by Crippen LogP contribution is -2.39. The van der Waals surface area contributed by atoms with Gasteiger partial charge in [-0.15, -0.1) is 0 Å². The predicted octanol–water partition coefficient (Wildman–Crippen LogP) is 2.48. The van der Waals surface area contributed by atoms with Gasteiger partial charge in [-0.3, -0.25) is 4.99 Å². The summed E-state index contributed by atoms with van der Waals surface area (Å²) in [6.07, 6.45) is 6.22. The minimum Gasteiger partial charge on any atom is -0.396 e. The van der Waals surface area contributed by atoms with Crippen LogP contribution in [0, 0.1) is 5.41 Å². The van der Waals surface area contributed by atoms with Crippen LogP contribution in [0.15, 0.2) is 4.99 Å². The summed E-state index contributed by atoms with van der Waals surface area (Å²) in [6.45, 7) is 9.31. The Balaban J connectivity index is 4.47. The summed E-state index contributed by atoms with van der Waals surface area (Å²) in [5.41, 5.74) is 0.135. The van der Waals surface area contributed by atoms with Gasteiger partial charge in [0.2, 0.25) is 0 Å². The SMILES string of the molecule is CCNC(=NCC(CC)(CC)CCO)NCCCSC. The largest absolute Gasteiger partial charge is 0.396 e. The average molecular weight is 304 g/mol. The molecule has 0 saturated heterocycles. The molecular weight excluding hydrogens is 270 g/mol.